The number of nitrogens with one attached hydrogen (secondary N) is 1. The minimum atomic E-state index is -1.60. The second-order valence-corrected chi connectivity index (χ2v) is 4.01. The largest absolute Gasteiger partial charge is 0.314 e. The van der Waals surface area contributed by atoms with Gasteiger partial charge in [-0.3, -0.25) is 0 Å². The summed E-state index contributed by atoms with van der Waals surface area (Å²) in [6.45, 7) is 0.886. The van der Waals surface area contributed by atoms with Gasteiger partial charge in [0.05, 0.1) is 5.75 Å². The number of rotatable bonds is 5. The lowest BCUT2D eigenvalue weighted by Crippen LogP contribution is -2.35. The SMILES string of the molecule is O=S(O)CCCNC1CCC1. The van der Waals surface area contributed by atoms with E-state index in [-0.39, 0.29) is 0 Å². The summed E-state index contributed by atoms with van der Waals surface area (Å²) in [5, 5.41) is 3.33. The van der Waals surface area contributed by atoms with Crippen molar-refractivity contribution in [3.8, 4) is 0 Å². The van der Waals surface area contributed by atoms with Gasteiger partial charge in [-0.1, -0.05) is 6.42 Å². The van der Waals surface area contributed by atoms with Crippen molar-refractivity contribution in [1.29, 1.82) is 0 Å². The highest BCUT2D eigenvalue weighted by molar-refractivity contribution is 7.79. The van der Waals surface area contributed by atoms with Crippen LogP contribution in [0.1, 0.15) is 25.7 Å². The topological polar surface area (TPSA) is 49.3 Å². The molecule has 0 heterocycles. The molecule has 11 heavy (non-hydrogen) atoms. The van der Waals surface area contributed by atoms with Crippen LogP contribution >= 0.6 is 0 Å². The Morgan fingerprint density at radius 3 is 2.73 bits per heavy atom. The highest BCUT2D eigenvalue weighted by Gasteiger charge is 2.15. The summed E-state index contributed by atoms with van der Waals surface area (Å²) in [6, 6.07) is 0.696. The van der Waals surface area contributed by atoms with Gasteiger partial charge in [-0.15, -0.1) is 0 Å². The van der Waals surface area contributed by atoms with Gasteiger partial charge in [0.2, 0.25) is 0 Å². The number of hydrogen-bond acceptors (Lipinski definition) is 2. The summed E-state index contributed by atoms with van der Waals surface area (Å²) in [7, 11) is 0. The molecule has 0 radical (unpaired) electrons. The minimum absolute atomic E-state index is 0.402. The van der Waals surface area contributed by atoms with Gasteiger partial charge in [-0.25, -0.2) is 4.21 Å². The second kappa shape index (κ2) is 4.85. The van der Waals surface area contributed by atoms with Crippen LogP contribution in [-0.2, 0) is 11.1 Å². The van der Waals surface area contributed by atoms with E-state index in [9.17, 15) is 4.21 Å². The molecule has 0 aromatic carbocycles. The lowest BCUT2D eigenvalue weighted by atomic mass is 9.93. The molecule has 1 fully saturated rings. The van der Waals surface area contributed by atoms with Gasteiger partial charge < -0.3 is 9.87 Å². The zero-order valence-electron chi connectivity index (χ0n) is 6.58. The second-order valence-electron chi connectivity index (χ2n) is 2.96. The number of hydrogen-bond donors (Lipinski definition) is 2. The van der Waals surface area contributed by atoms with E-state index >= 15 is 0 Å². The van der Waals surface area contributed by atoms with E-state index in [0.29, 0.717) is 11.8 Å². The zero-order valence-corrected chi connectivity index (χ0v) is 7.40. The van der Waals surface area contributed by atoms with Crippen LogP contribution in [0.4, 0.5) is 0 Å². The highest BCUT2D eigenvalue weighted by atomic mass is 32.2. The van der Waals surface area contributed by atoms with Crippen molar-refractivity contribution < 1.29 is 8.76 Å². The third kappa shape index (κ3) is 3.84. The van der Waals surface area contributed by atoms with Crippen molar-refractivity contribution in [3.63, 3.8) is 0 Å². The van der Waals surface area contributed by atoms with Crippen LogP contribution in [0.2, 0.25) is 0 Å². The fourth-order valence-corrected chi connectivity index (χ4v) is 1.51. The van der Waals surface area contributed by atoms with E-state index in [1.165, 1.54) is 19.3 Å². The first-order valence-corrected chi connectivity index (χ1v) is 5.37. The smallest absolute Gasteiger partial charge is 0.152 e. The quantitative estimate of drug-likeness (QED) is 0.481. The van der Waals surface area contributed by atoms with E-state index in [4.69, 9.17) is 4.55 Å². The van der Waals surface area contributed by atoms with Gasteiger partial charge >= 0.3 is 0 Å². The lowest BCUT2D eigenvalue weighted by Gasteiger charge is -2.26. The van der Waals surface area contributed by atoms with E-state index < -0.39 is 11.1 Å². The van der Waals surface area contributed by atoms with E-state index in [2.05, 4.69) is 5.32 Å². The Morgan fingerprint density at radius 1 is 1.55 bits per heavy atom. The third-order valence-electron chi connectivity index (χ3n) is 2.03. The molecule has 3 nitrogen and oxygen atoms in total. The summed E-state index contributed by atoms with van der Waals surface area (Å²) in [5.74, 6) is 0.402. The highest BCUT2D eigenvalue weighted by Crippen LogP contribution is 2.17. The Kier molecular flexibility index (Phi) is 4.04. The van der Waals surface area contributed by atoms with Gasteiger partial charge in [-0.2, -0.15) is 0 Å². The van der Waals surface area contributed by atoms with Gasteiger partial charge in [0.1, 0.15) is 0 Å². The van der Waals surface area contributed by atoms with E-state index in [1.54, 1.807) is 0 Å². The Bertz CT molecular complexity index is 136. The summed E-state index contributed by atoms with van der Waals surface area (Å²) in [5.41, 5.74) is 0. The van der Waals surface area contributed by atoms with Gasteiger partial charge in [0.15, 0.2) is 11.1 Å². The third-order valence-corrected chi connectivity index (χ3v) is 2.67. The molecule has 1 aliphatic rings. The molecule has 66 valence electrons. The fraction of sp³-hybridized carbons (Fsp3) is 1.00. The first-order chi connectivity index (χ1) is 5.29. The normalized spacial score (nSPS) is 21.2. The molecule has 0 aromatic heterocycles. The predicted molar refractivity (Wildman–Crippen MR) is 45.9 cm³/mol. The molecule has 1 saturated carbocycles. The van der Waals surface area contributed by atoms with Crippen LogP contribution in [-0.4, -0.2) is 27.1 Å². The molecule has 0 saturated heterocycles. The van der Waals surface area contributed by atoms with Crippen LogP contribution < -0.4 is 5.32 Å². The summed E-state index contributed by atoms with van der Waals surface area (Å²) in [6.07, 6.45) is 4.70. The Morgan fingerprint density at radius 2 is 2.27 bits per heavy atom. The van der Waals surface area contributed by atoms with Gasteiger partial charge in [-0.05, 0) is 25.8 Å². The maximum absolute atomic E-state index is 10.2. The zero-order chi connectivity index (χ0) is 8.10. The predicted octanol–water partition coefficient (Wildman–Crippen LogP) is 0.740. The first-order valence-electron chi connectivity index (χ1n) is 4.10. The van der Waals surface area contributed by atoms with Gasteiger partial charge in [0, 0.05) is 6.04 Å². The van der Waals surface area contributed by atoms with Crippen LogP contribution in [0, 0.1) is 0 Å². The fourth-order valence-electron chi connectivity index (χ4n) is 1.11. The molecule has 1 atom stereocenters. The van der Waals surface area contributed by atoms with Crippen LogP contribution in [0.3, 0.4) is 0 Å². The molecule has 1 unspecified atom stereocenters. The minimum Gasteiger partial charge on any atom is -0.314 e. The van der Waals surface area contributed by atoms with Crippen molar-refractivity contribution in [1.82, 2.24) is 5.32 Å². The average molecular weight is 177 g/mol. The van der Waals surface area contributed by atoms with Gasteiger partial charge in [0.25, 0.3) is 0 Å². The lowest BCUT2D eigenvalue weighted by molar-refractivity contribution is 0.341. The Hall–Kier alpha value is 0.0700. The van der Waals surface area contributed by atoms with Crippen LogP contribution in [0.25, 0.3) is 0 Å². The summed E-state index contributed by atoms with van der Waals surface area (Å²) in [4.78, 5) is 0. The van der Waals surface area contributed by atoms with Crippen molar-refractivity contribution in [2.75, 3.05) is 12.3 Å². The molecule has 1 aliphatic carbocycles. The standard InChI is InChI=1S/C7H15NO2S/c9-11(10)6-2-5-8-7-3-1-4-7/h7-8H,1-6H2,(H,9,10). The monoisotopic (exact) mass is 177 g/mol. The van der Waals surface area contributed by atoms with E-state index in [0.717, 1.165) is 13.0 Å². The van der Waals surface area contributed by atoms with Crippen molar-refractivity contribution >= 4 is 11.1 Å². The Labute approximate surface area is 69.9 Å². The molecule has 0 aliphatic heterocycles. The van der Waals surface area contributed by atoms with Crippen molar-refractivity contribution in [2.24, 2.45) is 0 Å². The molecule has 0 amide bonds. The Balaban J connectivity index is 1.83. The molecule has 0 aromatic rings. The van der Waals surface area contributed by atoms with Crippen molar-refractivity contribution in [2.45, 2.75) is 31.7 Å². The van der Waals surface area contributed by atoms with Crippen molar-refractivity contribution in [3.05, 3.63) is 0 Å². The molecular formula is C7H15NO2S. The van der Waals surface area contributed by atoms with E-state index in [1.807, 2.05) is 0 Å². The van der Waals surface area contributed by atoms with Crippen LogP contribution in [0.15, 0.2) is 0 Å². The molecule has 2 N–H and O–H groups in total. The molecule has 1 rings (SSSR count). The van der Waals surface area contributed by atoms with Crippen LogP contribution in [0.5, 0.6) is 0 Å². The summed E-state index contributed by atoms with van der Waals surface area (Å²) < 4.78 is 18.6. The molecule has 0 spiro atoms. The molecule has 4 heteroatoms. The maximum atomic E-state index is 10.2. The maximum Gasteiger partial charge on any atom is 0.152 e. The molecule has 0 bridgehead atoms. The average Bonchev–Trinajstić information content (AvgIpc) is 1.82. The summed E-state index contributed by atoms with van der Waals surface area (Å²) >= 11 is -1.60. The first kappa shape index (κ1) is 9.16. The molecular weight excluding hydrogens is 162 g/mol.